The third kappa shape index (κ3) is 4.75. The molecular formula is C13H27ClN2O2. The van der Waals surface area contributed by atoms with Gasteiger partial charge in [0.25, 0.3) is 0 Å². The molecule has 108 valence electrons. The number of esters is 1. The van der Waals surface area contributed by atoms with Gasteiger partial charge >= 0.3 is 5.97 Å². The van der Waals surface area contributed by atoms with E-state index >= 15 is 0 Å². The van der Waals surface area contributed by atoms with Crippen LogP contribution in [0.1, 0.15) is 39.5 Å². The van der Waals surface area contributed by atoms with Crippen molar-refractivity contribution in [1.29, 1.82) is 0 Å². The maximum absolute atomic E-state index is 11.6. The Morgan fingerprint density at radius 2 is 2.11 bits per heavy atom. The Hall–Kier alpha value is -0.320. The van der Waals surface area contributed by atoms with Gasteiger partial charge in [-0.15, -0.1) is 12.4 Å². The highest BCUT2D eigenvalue weighted by Gasteiger charge is 2.30. The van der Waals surface area contributed by atoms with Gasteiger partial charge in [-0.1, -0.05) is 6.42 Å². The van der Waals surface area contributed by atoms with Crippen LogP contribution in [0.15, 0.2) is 0 Å². The van der Waals surface area contributed by atoms with E-state index in [-0.39, 0.29) is 18.4 Å². The number of nitrogens with zero attached hydrogens (tertiary/aromatic N) is 1. The van der Waals surface area contributed by atoms with Crippen molar-refractivity contribution in [2.45, 2.75) is 45.6 Å². The molecule has 0 radical (unpaired) electrons. The largest absolute Gasteiger partial charge is 0.469 e. The zero-order valence-corrected chi connectivity index (χ0v) is 12.6. The Balaban J connectivity index is 0.00000289. The molecule has 0 aromatic carbocycles. The molecule has 1 aliphatic heterocycles. The Kier molecular flexibility index (Phi) is 7.83. The summed E-state index contributed by atoms with van der Waals surface area (Å²) in [5, 5.41) is 0. The predicted octanol–water partition coefficient (Wildman–Crippen LogP) is 1.81. The van der Waals surface area contributed by atoms with Crippen LogP contribution in [0.25, 0.3) is 0 Å². The smallest absolute Gasteiger partial charge is 0.311 e. The average Bonchev–Trinajstić information content (AvgIpc) is 2.35. The molecule has 0 bridgehead atoms. The molecule has 0 aromatic heterocycles. The van der Waals surface area contributed by atoms with Crippen LogP contribution in [-0.4, -0.2) is 43.7 Å². The van der Waals surface area contributed by atoms with E-state index in [4.69, 9.17) is 10.5 Å². The third-order valence-corrected chi connectivity index (χ3v) is 3.78. The summed E-state index contributed by atoms with van der Waals surface area (Å²) >= 11 is 0. The fourth-order valence-electron chi connectivity index (χ4n) is 2.42. The molecule has 1 unspecified atom stereocenters. The van der Waals surface area contributed by atoms with Crippen molar-refractivity contribution in [3.63, 3.8) is 0 Å². The van der Waals surface area contributed by atoms with E-state index in [2.05, 4.69) is 4.90 Å². The first-order valence-electron chi connectivity index (χ1n) is 6.54. The number of halogens is 1. The summed E-state index contributed by atoms with van der Waals surface area (Å²) in [6, 6.07) is 0.497. The number of hydrogen-bond acceptors (Lipinski definition) is 4. The molecule has 5 heteroatoms. The van der Waals surface area contributed by atoms with Gasteiger partial charge in [-0.2, -0.15) is 0 Å². The minimum atomic E-state index is -0.397. The summed E-state index contributed by atoms with van der Waals surface area (Å²) in [6.45, 7) is 6.65. The summed E-state index contributed by atoms with van der Waals surface area (Å²) < 4.78 is 4.83. The van der Waals surface area contributed by atoms with Gasteiger partial charge in [0.05, 0.1) is 12.5 Å². The summed E-state index contributed by atoms with van der Waals surface area (Å²) in [6.07, 6.45) is 4.54. The highest BCUT2D eigenvalue weighted by Crippen LogP contribution is 2.24. The molecule has 4 nitrogen and oxygen atoms in total. The standard InChI is InChI=1S/C13H26N2O2.ClH/c1-13(2,12(16)17-3)7-9-15-8-5-4-6-11(15)10-14;/h11H,4-10,14H2,1-3H3;1H. The van der Waals surface area contributed by atoms with Gasteiger partial charge in [0.15, 0.2) is 0 Å². The molecule has 1 saturated heterocycles. The van der Waals surface area contributed by atoms with E-state index in [1.165, 1.54) is 26.4 Å². The van der Waals surface area contributed by atoms with Crippen LogP contribution in [0, 0.1) is 5.41 Å². The molecule has 1 heterocycles. The van der Waals surface area contributed by atoms with Crippen LogP contribution < -0.4 is 5.73 Å². The summed E-state index contributed by atoms with van der Waals surface area (Å²) in [7, 11) is 1.45. The van der Waals surface area contributed by atoms with Crippen molar-refractivity contribution >= 4 is 18.4 Å². The van der Waals surface area contributed by atoms with Crippen molar-refractivity contribution in [3.05, 3.63) is 0 Å². The second kappa shape index (κ2) is 7.97. The molecule has 2 N–H and O–H groups in total. The highest BCUT2D eigenvalue weighted by atomic mass is 35.5. The number of methoxy groups -OCH3 is 1. The molecule has 1 aliphatic rings. The summed E-state index contributed by atoms with van der Waals surface area (Å²) in [4.78, 5) is 14.0. The average molecular weight is 279 g/mol. The second-order valence-corrected chi connectivity index (χ2v) is 5.55. The van der Waals surface area contributed by atoms with E-state index in [9.17, 15) is 4.79 Å². The number of likely N-dealkylation sites (tertiary alicyclic amines) is 1. The lowest BCUT2D eigenvalue weighted by Gasteiger charge is -2.36. The van der Waals surface area contributed by atoms with Crippen LogP contribution in [0.4, 0.5) is 0 Å². The lowest BCUT2D eigenvalue weighted by atomic mass is 9.88. The number of piperidine rings is 1. The topological polar surface area (TPSA) is 55.6 Å². The van der Waals surface area contributed by atoms with Gasteiger partial charge in [-0.05, 0) is 46.2 Å². The van der Waals surface area contributed by atoms with Gasteiger partial charge in [0, 0.05) is 12.6 Å². The zero-order valence-electron chi connectivity index (χ0n) is 11.8. The monoisotopic (exact) mass is 278 g/mol. The number of hydrogen-bond donors (Lipinski definition) is 1. The van der Waals surface area contributed by atoms with Crippen molar-refractivity contribution in [3.8, 4) is 0 Å². The Morgan fingerprint density at radius 3 is 2.67 bits per heavy atom. The summed E-state index contributed by atoms with van der Waals surface area (Å²) in [5.74, 6) is -0.126. The Labute approximate surface area is 117 Å². The fraction of sp³-hybridized carbons (Fsp3) is 0.923. The van der Waals surface area contributed by atoms with E-state index in [1.807, 2.05) is 13.8 Å². The molecule has 0 aromatic rings. The van der Waals surface area contributed by atoms with Crippen LogP contribution >= 0.6 is 12.4 Å². The van der Waals surface area contributed by atoms with Gasteiger partial charge in [-0.25, -0.2) is 0 Å². The predicted molar refractivity (Wildman–Crippen MR) is 75.9 cm³/mol. The summed E-state index contributed by atoms with van der Waals surface area (Å²) in [5.41, 5.74) is 5.39. The van der Waals surface area contributed by atoms with E-state index in [0.29, 0.717) is 6.04 Å². The molecule has 1 atom stereocenters. The Bertz CT molecular complexity index is 259. The zero-order chi connectivity index (χ0) is 12.9. The number of carbonyl (C=O) groups excluding carboxylic acids is 1. The van der Waals surface area contributed by atoms with Crippen molar-refractivity contribution in [2.24, 2.45) is 11.1 Å². The van der Waals surface area contributed by atoms with Gasteiger partial charge < -0.3 is 10.5 Å². The van der Waals surface area contributed by atoms with Crippen LogP contribution in [-0.2, 0) is 9.53 Å². The van der Waals surface area contributed by atoms with Crippen LogP contribution in [0.2, 0.25) is 0 Å². The van der Waals surface area contributed by atoms with Crippen LogP contribution in [0.3, 0.4) is 0 Å². The third-order valence-electron chi connectivity index (χ3n) is 3.78. The maximum atomic E-state index is 11.6. The minimum absolute atomic E-state index is 0. The molecule has 18 heavy (non-hydrogen) atoms. The number of rotatable bonds is 5. The first-order valence-corrected chi connectivity index (χ1v) is 6.54. The second-order valence-electron chi connectivity index (χ2n) is 5.55. The molecular weight excluding hydrogens is 252 g/mol. The van der Waals surface area contributed by atoms with Crippen molar-refractivity contribution in [1.82, 2.24) is 4.90 Å². The molecule has 1 fully saturated rings. The first kappa shape index (κ1) is 17.7. The van der Waals surface area contributed by atoms with Gasteiger partial charge in [-0.3, -0.25) is 9.69 Å². The number of carbonyl (C=O) groups is 1. The SMILES string of the molecule is COC(=O)C(C)(C)CCN1CCCCC1CN.Cl. The molecule has 0 saturated carbocycles. The normalized spacial score (nSPS) is 21.2. The Morgan fingerprint density at radius 1 is 1.44 bits per heavy atom. The number of nitrogens with two attached hydrogens (primary N) is 1. The van der Waals surface area contributed by atoms with Crippen molar-refractivity contribution in [2.75, 3.05) is 26.7 Å². The lowest BCUT2D eigenvalue weighted by molar-refractivity contribution is -0.151. The van der Waals surface area contributed by atoms with E-state index < -0.39 is 5.41 Å². The molecule has 0 spiro atoms. The lowest BCUT2D eigenvalue weighted by Crippen LogP contribution is -2.45. The van der Waals surface area contributed by atoms with Gasteiger partial charge in [0.2, 0.25) is 0 Å². The molecule has 0 aliphatic carbocycles. The quantitative estimate of drug-likeness (QED) is 0.780. The van der Waals surface area contributed by atoms with E-state index in [1.54, 1.807) is 0 Å². The minimum Gasteiger partial charge on any atom is -0.469 e. The van der Waals surface area contributed by atoms with Gasteiger partial charge in [0.1, 0.15) is 0 Å². The molecule has 0 amide bonds. The fourth-order valence-corrected chi connectivity index (χ4v) is 2.42. The first-order chi connectivity index (χ1) is 8.01. The van der Waals surface area contributed by atoms with Crippen molar-refractivity contribution < 1.29 is 9.53 Å². The molecule has 1 rings (SSSR count). The van der Waals surface area contributed by atoms with E-state index in [0.717, 1.165) is 26.1 Å². The number of ether oxygens (including phenoxy) is 1. The highest BCUT2D eigenvalue weighted by molar-refractivity contribution is 5.85. The van der Waals surface area contributed by atoms with Crippen LogP contribution in [0.5, 0.6) is 0 Å². The maximum Gasteiger partial charge on any atom is 0.311 e.